The van der Waals surface area contributed by atoms with E-state index in [0.717, 1.165) is 29.8 Å². The van der Waals surface area contributed by atoms with E-state index in [4.69, 9.17) is 23.4 Å². The number of hydrogen-bond acceptors (Lipinski definition) is 4. The molecule has 0 aromatic heterocycles. The summed E-state index contributed by atoms with van der Waals surface area (Å²) in [5, 5.41) is 7.21. The molecule has 0 aliphatic carbocycles. The van der Waals surface area contributed by atoms with E-state index in [0.29, 0.717) is 5.17 Å². The molecule has 74 valence electrons. The van der Waals surface area contributed by atoms with Crippen LogP contribution in [0.4, 0.5) is 0 Å². The molecule has 2 N–H and O–H groups in total. The number of hydrazine groups is 1. The fourth-order valence-electron chi connectivity index (χ4n) is 0.879. The summed E-state index contributed by atoms with van der Waals surface area (Å²) < 4.78 is 1.05. The lowest BCUT2D eigenvalue weighted by molar-refractivity contribution is 0.375. The summed E-state index contributed by atoms with van der Waals surface area (Å²) in [6, 6.07) is 0. The number of rotatable bonds is 4. The first-order valence-electron chi connectivity index (χ1n) is 4.14. The monoisotopic (exact) mass is 222 g/mol. The average molecular weight is 223 g/mol. The molecule has 1 aliphatic rings. The zero-order valence-electron chi connectivity index (χ0n) is 7.35. The number of halogens is 2. The van der Waals surface area contributed by atoms with Gasteiger partial charge in [0.15, 0.2) is 5.17 Å². The van der Waals surface area contributed by atoms with Crippen molar-refractivity contribution in [2.75, 3.05) is 6.54 Å². The number of allylic oxidation sites excluding steroid dienone is 1. The van der Waals surface area contributed by atoms with Crippen molar-refractivity contribution in [2.45, 2.75) is 19.8 Å². The van der Waals surface area contributed by atoms with Gasteiger partial charge in [0.05, 0.1) is 11.8 Å². The van der Waals surface area contributed by atoms with Gasteiger partial charge in [0.25, 0.3) is 0 Å². The van der Waals surface area contributed by atoms with Crippen molar-refractivity contribution in [3.8, 4) is 0 Å². The lowest BCUT2D eigenvalue weighted by Gasteiger charge is -2.20. The molecule has 4 nitrogen and oxygen atoms in total. The van der Waals surface area contributed by atoms with Crippen LogP contribution in [0.15, 0.2) is 17.0 Å². The summed E-state index contributed by atoms with van der Waals surface area (Å²) in [6.45, 7) is 3.02. The number of hydrazone groups is 1. The van der Waals surface area contributed by atoms with Gasteiger partial charge < -0.3 is 5.32 Å². The molecule has 0 fully saturated rings. The van der Waals surface area contributed by atoms with Gasteiger partial charge in [0, 0.05) is 12.6 Å². The van der Waals surface area contributed by atoms with Crippen molar-refractivity contribution >= 4 is 28.5 Å². The minimum absolute atomic E-state index is 0.354. The van der Waals surface area contributed by atoms with Gasteiger partial charge >= 0.3 is 0 Å². The first-order valence-corrected chi connectivity index (χ1v) is 4.86. The van der Waals surface area contributed by atoms with Gasteiger partial charge in [-0.1, -0.05) is 24.9 Å². The molecule has 0 radical (unpaired) electrons. The largest absolute Gasteiger partial charge is 0.370 e. The van der Waals surface area contributed by atoms with Crippen LogP contribution in [0.5, 0.6) is 0 Å². The molecule has 0 saturated carbocycles. The van der Waals surface area contributed by atoms with Crippen molar-refractivity contribution in [3.05, 3.63) is 11.9 Å². The van der Waals surface area contributed by atoms with Gasteiger partial charge in [-0.15, -0.1) is 9.74 Å². The normalized spacial score (nSPS) is 16.1. The number of unbranched alkanes of at least 4 members (excludes halogenated alkanes) is 1. The van der Waals surface area contributed by atoms with Crippen molar-refractivity contribution in [1.82, 2.24) is 15.4 Å². The van der Waals surface area contributed by atoms with Crippen LogP contribution in [0.2, 0.25) is 0 Å². The Bertz CT molecular complexity index is 227. The quantitative estimate of drug-likeness (QED) is 0.563. The molecule has 0 spiro atoms. The lowest BCUT2D eigenvalue weighted by atomic mass is 10.3. The molecule has 0 aromatic rings. The second-order valence-electron chi connectivity index (χ2n) is 2.63. The molecule has 0 bridgehead atoms. The van der Waals surface area contributed by atoms with Gasteiger partial charge in [0.1, 0.15) is 5.82 Å². The summed E-state index contributed by atoms with van der Waals surface area (Å²) in [6.07, 6.45) is 3.94. The van der Waals surface area contributed by atoms with Crippen LogP contribution in [0, 0.1) is 0 Å². The van der Waals surface area contributed by atoms with E-state index in [9.17, 15) is 0 Å². The standard InChI is InChI=1S/C7H12Cl2N4/c1-2-3-4-10-7-5-6(8)11-13(9)12-7/h5,10,12H,2-4H2,1H3. The van der Waals surface area contributed by atoms with Gasteiger partial charge in [-0.25, -0.2) is 0 Å². The van der Waals surface area contributed by atoms with Crippen LogP contribution in [-0.4, -0.2) is 16.4 Å². The Balaban J connectivity index is 2.37. The first kappa shape index (κ1) is 10.5. The van der Waals surface area contributed by atoms with E-state index in [1.54, 1.807) is 6.08 Å². The molecule has 1 heterocycles. The fourth-order valence-corrected chi connectivity index (χ4v) is 1.27. The van der Waals surface area contributed by atoms with Crippen molar-refractivity contribution in [2.24, 2.45) is 5.10 Å². The Hall–Kier alpha value is -0.610. The second-order valence-corrected chi connectivity index (χ2v) is 3.34. The SMILES string of the molecule is CCCCNC1=CC(Cl)=NN(Cl)N1. The Morgan fingerprint density at radius 1 is 1.69 bits per heavy atom. The van der Waals surface area contributed by atoms with Gasteiger partial charge in [-0.05, 0) is 6.42 Å². The minimum atomic E-state index is 0.354. The van der Waals surface area contributed by atoms with Crippen molar-refractivity contribution in [1.29, 1.82) is 0 Å². The maximum Gasteiger partial charge on any atom is 0.156 e. The third kappa shape index (κ3) is 3.74. The van der Waals surface area contributed by atoms with E-state index in [1.807, 2.05) is 0 Å². The number of nitrogens with one attached hydrogen (secondary N) is 2. The summed E-state index contributed by atoms with van der Waals surface area (Å²) >= 11 is 11.3. The summed E-state index contributed by atoms with van der Waals surface area (Å²) in [5.74, 6) is 0.767. The zero-order valence-corrected chi connectivity index (χ0v) is 8.86. The van der Waals surface area contributed by atoms with Crippen LogP contribution in [0.3, 0.4) is 0 Å². The minimum Gasteiger partial charge on any atom is -0.370 e. The second kappa shape index (κ2) is 5.19. The van der Waals surface area contributed by atoms with E-state index >= 15 is 0 Å². The maximum absolute atomic E-state index is 5.69. The van der Waals surface area contributed by atoms with Gasteiger partial charge in [-0.3, -0.25) is 5.43 Å². The highest BCUT2D eigenvalue weighted by molar-refractivity contribution is 6.68. The maximum atomic E-state index is 5.69. The van der Waals surface area contributed by atoms with Crippen molar-refractivity contribution < 1.29 is 0 Å². The van der Waals surface area contributed by atoms with E-state index in [2.05, 4.69) is 22.8 Å². The summed E-state index contributed by atoms with van der Waals surface area (Å²) in [4.78, 5) is 0. The topological polar surface area (TPSA) is 39.7 Å². The molecule has 0 saturated heterocycles. The van der Waals surface area contributed by atoms with Gasteiger partial charge in [-0.2, -0.15) is 0 Å². The summed E-state index contributed by atoms with van der Waals surface area (Å²) in [5.41, 5.74) is 2.78. The molecule has 1 rings (SSSR count). The molecular formula is C7H12Cl2N4. The Labute approximate surface area is 87.6 Å². The smallest absolute Gasteiger partial charge is 0.156 e. The Morgan fingerprint density at radius 3 is 3.08 bits per heavy atom. The van der Waals surface area contributed by atoms with Crippen LogP contribution in [0.25, 0.3) is 0 Å². The molecule has 0 unspecified atom stereocenters. The molecule has 0 aromatic carbocycles. The zero-order chi connectivity index (χ0) is 9.68. The van der Waals surface area contributed by atoms with E-state index in [1.165, 1.54) is 0 Å². The Kier molecular flexibility index (Phi) is 4.18. The third-order valence-electron chi connectivity index (χ3n) is 1.51. The average Bonchev–Trinajstić information content (AvgIpc) is 2.03. The van der Waals surface area contributed by atoms with Crippen molar-refractivity contribution in [3.63, 3.8) is 0 Å². The molecule has 1 aliphatic heterocycles. The highest BCUT2D eigenvalue weighted by Crippen LogP contribution is 2.05. The van der Waals surface area contributed by atoms with Crippen LogP contribution in [-0.2, 0) is 0 Å². The predicted molar refractivity (Wildman–Crippen MR) is 55.1 cm³/mol. The number of nitrogens with zero attached hydrogens (tertiary/aromatic N) is 2. The molecular weight excluding hydrogens is 211 g/mol. The summed E-state index contributed by atoms with van der Waals surface area (Å²) in [7, 11) is 0. The molecule has 6 heteroatoms. The van der Waals surface area contributed by atoms with Gasteiger partial charge in [0.2, 0.25) is 0 Å². The van der Waals surface area contributed by atoms with E-state index < -0.39 is 0 Å². The molecule has 0 amide bonds. The Morgan fingerprint density at radius 2 is 2.46 bits per heavy atom. The van der Waals surface area contributed by atoms with Crippen LogP contribution < -0.4 is 10.7 Å². The van der Waals surface area contributed by atoms with Crippen LogP contribution >= 0.6 is 23.4 Å². The highest BCUT2D eigenvalue weighted by atomic mass is 35.5. The fraction of sp³-hybridized carbons (Fsp3) is 0.571. The number of hydrogen-bond donors (Lipinski definition) is 2. The molecule has 0 atom stereocenters. The lowest BCUT2D eigenvalue weighted by Crippen LogP contribution is -2.36. The predicted octanol–water partition coefficient (Wildman–Crippen LogP) is 1.74. The first-order chi connectivity index (χ1) is 6.22. The highest BCUT2D eigenvalue weighted by Gasteiger charge is 2.08. The third-order valence-corrected chi connectivity index (χ3v) is 1.85. The van der Waals surface area contributed by atoms with E-state index in [-0.39, 0.29) is 0 Å². The molecule has 13 heavy (non-hydrogen) atoms. The van der Waals surface area contributed by atoms with Crippen LogP contribution in [0.1, 0.15) is 19.8 Å².